The van der Waals surface area contributed by atoms with E-state index in [-0.39, 0.29) is 0 Å². The first kappa shape index (κ1) is 11.9. The van der Waals surface area contributed by atoms with Gasteiger partial charge in [-0.05, 0) is 25.6 Å². The molecular weight excluding hydrogens is 236 g/mol. The molecule has 0 aliphatic heterocycles. The van der Waals surface area contributed by atoms with Gasteiger partial charge in [-0.25, -0.2) is 9.50 Å². The monoisotopic (exact) mass is 252 g/mol. The van der Waals surface area contributed by atoms with Gasteiger partial charge in [-0.1, -0.05) is 29.8 Å². The molecule has 96 valence electrons. The summed E-state index contributed by atoms with van der Waals surface area (Å²) in [6.45, 7) is 2.68. The van der Waals surface area contributed by atoms with Crippen LogP contribution >= 0.6 is 0 Å². The van der Waals surface area contributed by atoms with Crippen LogP contribution in [0.5, 0.6) is 0 Å². The van der Waals surface area contributed by atoms with E-state index >= 15 is 0 Å². The van der Waals surface area contributed by atoms with Gasteiger partial charge in [-0.15, -0.1) is 0 Å². The van der Waals surface area contributed by atoms with Crippen LogP contribution in [0.15, 0.2) is 42.6 Å². The minimum Gasteiger partial charge on any atom is -0.330 e. The molecule has 0 fully saturated rings. The standard InChI is InChI=1S/C15H16N4/c1-11-2-4-12(5-3-11)14-6-7-15-17-10-13(8-9-16)19(15)18-14/h2-7,10H,8-9,16H2,1H3. The Hall–Kier alpha value is -2.20. The fourth-order valence-electron chi connectivity index (χ4n) is 2.12. The van der Waals surface area contributed by atoms with Crippen LogP contribution < -0.4 is 5.73 Å². The molecule has 3 rings (SSSR count). The van der Waals surface area contributed by atoms with Crippen molar-refractivity contribution in [1.29, 1.82) is 0 Å². The summed E-state index contributed by atoms with van der Waals surface area (Å²) < 4.78 is 1.88. The highest BCUT2D eigenvalue weighted by atomic mass is 15.3. The van der Waals surface area contributed by atoms with Crippen molar-refractivity contribution in [3.05, 3.63) is 53.9 Å². The third-order valence-electron chi connectivity index (χ3n) is 3.18. The number of fused-ring (bicyclic) bond motifs is 1. The van der Waals surface area contributed by atoms with E-state index in [1.165, 1.54) is 5.56 Å². The van der Waals surface area contributed by atoms with E-state index in [1.54, 1.807) is 0 Å². The van der Waals surface area contributed by atoms with Crippen molar-refractivity contribution in [2.45, 2.75) is 13.3 Å². The summed E-state index contributed by atoms with van der Waals surface area (Å²) in [6, 6.07) is 12.3. The largest absolute Gasteiger partial charge is 0.330 e. The second-order valence-electron chi connectivity index (χ2n) is 4.64. The summed E-state index contributed by atoms with van der Waals surface area (Å²) in [4.78, 5) is 4.33. The van der Waals surface area contributed by atoms with E-state index in [9.17, 15) is 0 Å². The molecule has 2 heterocycles. The number of hydrogen-bond acceptors (Lipinski definition) is 3. The highest BCUT2D eigenvalue weighted by Gasteiger charge is 2.06. The van der Waals surface area contributed by atoms with Gasteiger partial charge >= 0.3 is 0 Å². The molecule has 0 atom stereocenters. The molecule has 4 heteroatoms. The number of nitrogens with two attached hydrogens (primary N) is 1. The Kier molecular flexibility index (Phi) is 3.01. The zero-order chi connectivity index (χ0) is 13.2. The molecular formula is C15H16N4. The maximum atomic E-state index is 5.61. The summed E-state index contributed by atoms with van der Waals surface area (Å²) in [7, 11) is 0. The predicted molar refractivity (Wildman–Crippen MR) is 75.9 cm³/mol. The summed E-state index contributed by atoms with van der Waals surface area (Å²) in [5.74, 6) is 0. The van der Waals surface area contributed by atoms with Crippen LogP contribution in [0.1, 0.15) is 11.3 Å². The SMILES string of the molecule is Cc1ccc(-c2ccc3ncc(CCN)n3n2)cc1. The van der Waals surface area contributed by atoms with Crippen LogP contribution in [0.2, 0.25) is 0 Å². The highest BCUT2D eigenvalue weighted by Crippen LogP contribution is 2.18. The zero-order valence-electron chi connectivity index (χ0n) is 10.9. The molecule has 0 bridgehead atoms. The first-order valence-corrected chi connectivity index (χ1v) is 6.39. The Labute approximate surface area is 111 Å². The topological polar surface area (TPSA) is 56.2 Å². The molecule has 0 saturated carbocycles. The molecule has 0 radical (unpaired) electrons. The van der Waals surface area contributed by atoms with E-state index in [0.717, 1.165) is 29.0 Å². The van der Waals surface area contributed by atoms with Gasteiger partial charge in [0.2, 0.25) is 0 Å². The lowest BCUT2D eigenvalue weighted by Crippen LogP contribution is -2.06. The minimum absolute atomic E-state index is 0.601. The lowest BCUT2D eigenvalue weighted by molar-refractivity contribution is 0.830. The van der Waals surface area contributed by atoms with Crippen LogP contribution in [-0.2, 0) is 6.42 Å². The van der Waals surface area contributed by atoms with Crippen LogP contribution in [0.25, 0.3) is 16.9 Å². The van der Waals surface area contributed by atoms with Gasteiger partial charge in [0.1, 0.15) is 0 Å². The van der Waals surface area contributed by atoms with Gasteiger partial charge in [-0.3, -0.25) is 0 Å². The Morgan fingerprint density at radius 3 is 2.63 bits per heavy atom. The van der Waals surface area contributed by atoms with Crippen molar-refractivity contribution >= 4 is 5.65 Å². The normalized spacial score (nSPS) is 11.1. The van der Waals surface area contributed by atoms with Gasteiger partial charge in [0.05, 0.1) is 17.6 Å². The third kappa shape index (κ3) is 2.22. The molecule has 2 aromatic heterocycles. The van der Waals surface area contributed by atoms with E-state index in [0.29, 0.717) is 6.54 Å². The first-order valence-electron chi connectivity index (χ1n) is 6.39. The molecule has 0 unspecified atom stereocenters. The average Bonchev–Trinajstić information content (AvgIpc) is 2.83. The van der Waals surface area contributed by atoms with Crippen molar-refractivity contribution < 1.29 is 0 Å². The molecule has 0 aliphatic rings. The Bertz CT molecular complexity index is 698. The van der Waals surface area contributed by atoms with Crippen molar-refractivity contribution in [3.63, 3.8) is 0 Å². The summed E-state index contributed by atoms with van der Waals surface area (Å²) in [5.41, 5.74) is 10.8. The Morgan fingerprint density at radius 1 is 1.11 bits per heavy atom. The minimum atomic E-state index is 0.601. The van der Waals surface area contributed by atoms with E-state index in [4.69, 9.17) is 5.73 Å². The number of aromatic nitrogens is 3. The lowest BCUT2D eigenvalue weighted by Gasteiger charge is -2.04. The van der Waals surface area contributed by atoms with Crippen molar-refractivity contribution in [2.24, 2.45) is 5.73 Å². The maximum absolute atomic E-state index is 5.61. The lowest BCUT2D eigenvalue weighted by atomic mass is 10.1. The van der Waals surface area contributed by atoms with Crippen molar-refractivity contribution in [1.82, 2.24) is 14.6 Å². The third-order valence-corrected chi connectivity index (χ3v) is 3.18. The van der Waals surface area contributed by atoms with Gasteiger partial charge in [0.25, 0.3) is 0 Å². The zero-order valence-corrected chi connectivity index (χ0v) is 10.9. The molecule has 3 aromatic rings. The average molecular weight is 252 g/mol. The number of imidazole rings is 1. The smallest absolute Gasteiger partial charge is 0.153 e. The molecule has 1 aromatic carbocycles. The molecule has 0 saturated heterocycles. The fourth-order valence-corrected chi connectivity index (χ4v) is 2.12. The van der Waals surface area contributed by atoms with Crippen LogP contribution in [0, 0.1) is 6.92 Å². The summed E-state index contributed by atoms with van der Waals surface area (Å²) in [6.07, 6.45) is 2.62. The van der Waals surface area contributed by atoms with Gasteiger partial charge in [0.15, 0.2) is 5.65 Å². The Balaban J connectivity index is 2.09. The highest BCUT2D eigenvalue weighted by molar-refractivity contribution is 5.60. The van der Waals surface area contributed by atoms with Gasteiger partial charge < -0.3 is 5.73 Å². The van der Waals surface area contributed by atoms with Crippen LogP contribution in [0.4, 0.5) is 0 Å². The molecule has 0 spiro atoms. The van der Waals surface area contributed by atoms with Crippen LogP contribution in [-0.4, -0.2) is 21.1 Å². The molecule has 0 amide bonds. The number of aryl methyl sites for hydroxylation is 1. The first-order chi connectivity index (χ1) is 9.28. The summed E-state index contributed by atoms with van der Waals surface area (Å²) >= 11 is 0. The number of benzene rings is 1. The molecule has 2 N–H and O–H groups in total. The molecule has 19 heavy (non-hydrogen) atoms. The number of hydrogen-bond donors (Lipinski definition) is 1. The second kappa shape index (κ2) is 4.82. The number of nitrogens with zero attached hydrogens (tertiary/aromatic N) is 3. The van der Waals surface area contributed by atoms with E-state index < -0.39 is 0 Å². The van der Waals surface area contributed by atoms with Gasteiger partial charge in [0, 0.05) is 12.0 Å². The summed E-state index contributed by atoms with van der Waals surface area (Å²) in [5, 5.41) is 4.65. The fraction of sp³-hybridized carbons (Fsp3) is 0.200. The molecule has 4 nitrogen and oxygen atoms in total. The second-order valence-corrected chi connectivity index (χ2v) is 4.64. The quantitative estimate of drug-likeness (QED) is 0.777. The van der Waals surface area contributed by atoms with Crippen molar-refractivity contribution in [3.8, 4) is 11.3 Å². The van der Waals surface area contributed by atoms with Crippen molar-refractivity contribution in [2.75, 3.05) is 6.54 Å². The van der Waals surface area contributed by atoms with Gasteiger partial charge in [-0.2, -0.15) is 5.10 Å². The Morgan fingerprint density at radius 2 is 1.89 bits per heavy atom. The maximum Gasteiger partial charge on any atom is 0.153 e. The molecule has 0 aliphatic carbocycles. The number of rotatable bonds is 3. The van der Waals surface area contributed by atoms with E-state index in [1.807, 2.05) is 22.8 Å². The van der Waals surface area contributed by atoms with Crippen LogP contribution in [0.3, 0.4) is 0 Å². The predicted octanol–water partition coefficient (Wildman–Crippen LogP) is 2.21. The van der Waals surface area contributed by atoms with E-state index in [2.05, 4.69) is 41.3 Å².